The van der Waals surface area contributed by atoms with Crippen LogP contribution in [-0.2, 0) is 21.1 Å². The van der Waals surface area contributed by atoms with Gasteiger partial charge >= 0.3 is 0 Å². The minimum absolute atomic E-state index is 0.0827. The lowest BCUT2D eigenvalue weighted by Gasteiger charge is -2.22. The smallest absolute Gasteiger partial charge is 0.224 e. The quantitative estimate of drug-likeness (QED) is 0.920. The Morgan fingerprint density at radius 1 is 1.04 bits per heavy atom. The first-order valence-electron chi connectivity index (χ1n) is 8.60. The molecule has 1 N–H and O–H groups in total. The Bertz CT molecular complexity index is 645. The van der Waals surface area contributed by atoms with Crippen LogP contribution in [0.5, 0.6) is 0 Å². The third-order valence-electron chi connectivity index (χ3n) is 5.02. The molecule has 2 aliphatic rings. The van der Waals surface area contributed by atoms with Gasteiger partial charge in [-0.15, -0.1) is 0 Å². The zero-order valence-electron chi connectivity index (χ0n) is 13.5. The Labute approximate surface area is 138 Å². The molecule has 1 unspecified atom stereocenters. The summed E-state index contributed by atoms with van der Waals surface area (Å²) < 4.78 is 22.8. The van der Waals surface area contributed by atoms with Crippen LogP contribution in [0.4, 0.5) is 0 Å². The van der Waals surface area contributed by atoms with E-state index in [-0.39, 0.29) is 23.5 Å². The minimum Gasteiger partial charge on any atom is -0.352 e. The highest BCUT2D eigenvalue weighted by atomic mass is 32.2. The van der Waals surface area contributed by atoms with Crippen LogP contribution in [-0.4, -0.2) is 31.9 Å². The number of nitrogens with one attached hydrogen (secondary N) is 1. The van der Waals surface area contributed by atoms with Crippen LogP contribution < -0.4 is 5.32 Å². The van der Waals surface area contributed by atoms with Gasteiger partial charge in [-0.25, -0.2) is 8.42 Å². The van der Waals surface area contributed by atoms with Gasteiger partial charge in [0.25, 0.3) is 0 Å². The lowest BCUT2D eigenvalue weighted by molar-refractivity contribution is -0.120. The van der Waals surface area contributed by atoms with Crippen LogP contribution in [0, 0.1) is 0 Å². The average molecular weight is 335 g/mol. The molecule has 0 radical (unpaired) electrons. The molecule has 126 valence electrons. The first-order valence-corrected chi connectivity index (χ1v) is 10.4. The van der Waals surface area contributed by atoms with Crippen molar-refractivity contribution in [3.05, 3.63) is 35.4 Å². The summed E-state index contributed by atoms with van der Waals surface area (Å²) in [5.74, 6) is 0.862. The molecule has 5 heteroatoms. The van der Waals surface area contributed by atoms with Gasteiger partial charge in [0.1, 0.15) is 0 Å². The van der Waals surface area contributed by atoms with Gasteiger partial charge in [-0.3, -0.25) is 4.79 Å². The average Bonchev–Trinajstić information content (AvgIpc) is 2.87. The molecule has 4 nitrogen and oxygen atoms in total. The van der Waals surface area contributed by atoms with Gasteiger partial charge in [0, 0.05) is 6.04 Å². The van der Waals surface area contributed by atoms with E-state index >= 15 is 0 Å². The molecule has 1 saturated carbocycles. The summed E-state index contributed by atoms with van der Waals surface area (Å²) >= 11 is 0. The predicted octanol–water partition coefficient (Wildman–Crippen LogP) is 2.58. The third-order valence-corrected chi connectivity index (χ3v) is 6.79. The lowest BCUT2D eigenvalue weighted by Crippen LogP contribution is -2.36. The Morgan fingerprint density at radius 2 is 1.74 bits per heavy atom. The van der Waals surface area contributed by atoms with Gasteiger partial charge in [-0.05, 0) is 36.3 Å². The highest BCUT2D eigenvalue weighted by molar-refractivity contribution is 7.91. The fraction of sp³-hybridized carbons (Fsp3) is 0.611. The second kappa shape index (κ2) is 7.04. The van der Waals surface area contributed by atoms with E-state index < -0.39 is 9.84 Å². The largest absolute Gasteiger partial charge is 0.352 e. The standard InChI is InChI=1S/C18H25NO3S/c20-18(19-17-10-11-23(21,22)13-17)12-14-6-8-16(9-7-14)15-4-2-1-3-5-15/h6-9,15,17H,1-5,10-13H2,(H,19,20). The third kappa shape index (κ3) is 4.56. The summed E-state index contributed by atoms with van der Waals surface area (Å²) in [5.41, 5.74) is 2.37. The summed E-state index contributed by atoms with van der Waals surface area (Å²) in [6, 6.07) is 8.16. The maximum atomic E-state index is 12.1. The molecular formula is C18H25NO3S. The second-order valence-electron chi connectivity index (χ2n) is 6.92. The summed E-state index contributed by atoms with van der Waals surface area (Å²) in [6.45, 7) is 0. The van der Waals surface area contributed by atoms with Crippen LogP contribution in [0.15, 0.2) is 24.3 Å². The van der Waals surface area contributed by atoms with Crippen molar-refractivity contribution in [2.45, 2.75) is 56.9 Å². The molecule has 23 heavy (non-hydrogen) atoms. The molecular weight excluding hydrogens is 310 g/mol. The highest BCUT2D eigenvalue weighted by Gasteiger charge is 2.28. The molecule has 1 aliphatic heterocycles. The summed E-state index contributed by atoms with van der Waals surface area (Å²) in [4.78, 5) is 12.1. The lowest BCUT2D eigenvalue weighted by atomic mass is 9.84. The molecule has 1 aromatic rings. The summed E-state index contributed by atoms with van der Waals surface area (Å²) in [6.07, 6.45) is 7.39. The fourth-order valence-corrected chi connectivity index (χ4v) is 5.39. The number of carbonyl (C=O) groups is 1. The highest BCUT2D eigenvalue weighted by Crippen LogP contribution is 2.32. The van der Waals surface area contributed by atoms with Gasteiger partial charge in [0.15, 0.2) is 9.84 Å². The molecule has 0 aromatic heterocycles. The van der Waals surface area contributed by atoms with E-state index in [4.69, 9.17) is 0 Å². The number of hydrogen-bond acceptors (Lipinski definition) is 3. The Morgan fingerprint density at radius 3 is 2.35 bits per heavy atom. The monoisotopic (exact) mass is 335 g/mol. The number of amides is 1. The molecule has 0 spiro atoms. The zero-order valence-corrected chi connectivity index (χ0v) is 14.3. The zero-order chi connectivity index (χ0) is 16.3. The molecule has 0 bridgehead atoms. The van der Waals surface area contributed by atoms with E-state index in [2.05, 4.69) is 17.4 Å². The molecule has 1 aromatic carbocycles. The number of carbonyl (C=O) groups excluding carboxylic acids is 1. The Hall–Kier alpha value is -1.36. The van der Waals surface area contributed by atoms with Crippen molar-refractivity contribution in [3.63, 3.8) is 0 Å². The maximum Gasteiger partial charge on any atom is 0.224 e. The summed E-state index contributed by atoms with van der Waals surface area (Å²) in [5, 5.41) is 2.84. The minimum atomic E-state index is -2.95. The van der Waals surface area contributed by atoms with E-state index in [1.165, 1.54) is 37.7 Å². The number of hydrogen-bond donors (Lipinski definition) is 1. The first-order chi connectivity index (χ1) is 11.0. The SMILES string of the molecule is O=C(Cc1ccc(C2CCCCC2)cc1)NC1CCS(=O)(=O)C1. The topological polar surface area (TPSA) is 63.2 Å². The second-order valence-corrected chi connectivity index (χ2v) is 9.15. The maximum absolute atomic E-state index is 12.1. The normalized spacial score (nSPS) is 24.4. The van der Waals surface area contributed by atoms with E-state index in [9.17, 15) is 13.2 Å². The van der Waals surface area contributed by atoms with E-state index in [1.54, 1.807) is 0 Å². The fourth-order valence-electron chi connectivity index (χ4n) is 3.72. The van der Waals surface area contributed by atoms with E-state index in [1.807, 2.05) is 12.1 Å². The Balaban J connectivity index is 1.52. The number of sulfone groups is 1. The molecule has 1 atom stereocenters. The van der Waals surface area contributed by atoms with Crippen molar-refractivity contribution in [1.29, 1.82) is 0 Å². The molecule has 1 saturated heterocycles. The predicted molar refractivity (Wildman–Crippen MR) is 91.2 cm³/mol. The van der Waals surface area contributed by atoms with Gasteiger partial charge < -0.3 is 5.32 Å². The van der Waals surface area contributed by atoms with Crippen LogP contribution in [0.1, 0.15) is 55.6 Å². The van der Waals surface area contributed by atoms with Crippen molar-refractivity contribution in [2.24, 2.45) is 0 Å². The number of benzene rings is 1. The first kappa shape index (κ1) is 16.5. The van der Waals surface area contributed by atoms with Crippen molar-refractivity contribution in [2.75, 3.05) is 11.5 Å². The molecule has 2 fully saturated rings. The molecule has 1 aliphatic carbocycles. The van der Waals surface area contributed by atoms with Crippen LogP contribution >= 0.6 is 0 Å². The van der Waals surface area contributed by atoms with E-state index in [0.29, 0.717) is 18.8 Å². The van der Waals surface area contributed by atoms with Crippen molar-refractivity contribution >= 4 is 15.7 Å². The van der Waals surface area contributed by atoms with Crippen molar-refractivity contribution < 1.29 is 13.2 Å². The van der Waals surface area contributed by atoms with Crippen LogP contribution in [0.3, 0.4) is 0 Å². The molecule has 1 heterocycles. The van der Waals surface area contributed by atoms with Crippen LogP contribution in [0.2, 0.25) is 0 Å². The molecule has 1 amide bonds. The molecule has 3 rings (SSSR count). The van der Waals surface area contributed by atoms with Gasteiger partial charge in [-0.2, -0.15) is 0 Å². The van der Waals surface area contributed by atoms with Crippen molar-refractivity contribution in [1.82, 2.24) is 5.32 Å². The van der Waals surface area contributed by atoms with Crippen LogP contribution in [0.25, 0.3) is 0 Å². The van der Waals surface area contributed by atoms with Gasteiger partial charge in [0.05, 0.1) is 17.9 Å². The van der Waals surface area contributed by atoms with Gasteiger partial charge in [-0.1, -0.05) is 43.5 Å². The summed E-state index contributed by atoms with van der Waals surface area (Å²) in [7, 11) is -2.95. The van der Waals surface area contributed by atoms with Crippen molar-refractivity contribution in [3.8, 4) is 0 Å². The van der Waals surface area contributed by atoms with E-state index in [0.717, 1.165) is 5.56 Å². The Kier molecular flexibility index (Phi) is 5.05. The number of rotatable bonds is 4. The van der Waals surface area contributed by atoms with Gasteiger partial charge in [0.2, 0.25) is 5.91 Å².